The molecule has 0 aromatic heterocycles. The van der Waals surface area contributed by atoms with Crippen molar-refractivity contribution in [1.82, 2.24) is 0 Å². The Kier molecular flexibility index (Phi) is 6.58. The molecule has 0 aliphatic carbocycles. The minimum Gasteiger partial charge on any atom is -0.432 e. The quantitative estimate of drug-likeness (QED) is 0.440. The fourth-order valence-corrected chi connectivity index (χ4v) is 2.17. The normalized spacial score (nSPS) is 10.0. The third-order valence-corrected chi connectivity index (χ3v) is 3.17. The van der Waals surface area contributed by atoms with Gasteiger partial charge in [0.25, 0.3) is 0 Å². The average Bonchev–Trinajstić information content (AvgIpc) is 2.56. The summed E-state index contributed by atoms with van der Waals surface area (Å²) in [5.41, 5.74) is 1.04. The van der Waals surface area contributed by atoms with Crippen LogP contribution >= 0.6 is 11.6 Å². The third-order valence-electron chi connectivity index (χ3n) is 3.00. The lowest BCUT2D eigenvalue weighted by Crippen LogP contribution is -2.30. The number of anilines is 1. The van der Waals surface area contributed by atoms with Gasteiger partial charge in [0.15, 0.2) is 0 Å². The number of ether oxygens (including phenoxy) is 2. The van der Waals surface area contributed by atoms with Crippen LogP contribution in [0.3, 0.4) is 0 Å². The Hall–Kier alpha value is -2.20. The summed E-state index contributed by atoms with van der Waals surface area (Å²) < 4.78 is 10.2. The topological polar surface area (TPSA) is 38.8 Å². The van der Waals surface area contributed by atoms with Crippen molar-refractivity contribution in [3.05, 3.63) is 60.7 Å². The van der Waals surface area contributed by atoms with Gasteiger partial charge in [0.05, 0.1) is 6.54 Å². The molecule has 0 radical (unpaired) electrons. The first kappa shape index (κ1) is 16.2. The number of nitrogens with zero attached hydrogens (tertiary/aromatic N) is 1. The fraction of sp³-hybridized carbons (Fsp3) is 0.235. The summed E-state index contributed by atoms with van der Waals surface area (Å²) in [6.45, 7) is 1.47. The van der Waals surface area contributed by atoms with Gasteiger partial charge < -0.3 is 14.4 Å². The first-order chi connectivity index (χ1) is 10.8. The van der Waals surface area contributed by atoms with E-state index in [1.165, 1.54) is 0 Å². The van der Waals surface area contributed by atoms with E-state index in [-0.39, 0.29) is 6.61 Å². The molecule has 0 saturated heterocycles. The summed E-state index contributed by atoms with van der Waals surface area (Å²) in [6, 6.07) is 18.7. The molecular weight excluding hydrogens is 302 g/mol. The SMILES string of the molecule is O=C(OCCN(CCCl)c1ccccc1)Oc1ccccc1. The third kappa shape index (κ3) is 5.30. The zero-order valence-corrected chi connectivity index (χ0v) is 12.9. The highest BCUT2D eigenvalue weighted by Gasteiger charge is 2.09. The molecule has 0 atom stereocenters. The molecule has 0 amide bonds. The average molecular weight is 320 g/mol. The van der Waals surface area contributed by atoms with Gasteiger partial charge in [0, 0.05) is 18.1 Å². The van der Waals surface area contributed by atoms with Crippen molar-refractivity contribution in [2.24, 2.45) is 0 Å². The van der Waals surface area contributed by atoms with Gasteiger partial charge in [-0.1, -0.05) is 36.4 Å². The van der Waals surface area contributed by atoms with Gasteiger partial charge in [0.2, 0.25) is 0 Å². The van der Waals surface area contributed by atoms with Gasteiger partial charge in [-0.2, -0.15) is 0 Å². The number of carbonyl (C=O) groups excluding carboxylic acids is 1. The van der Waals surface area contributed by atoms with Crippen LogP contribution in [-0.4, -0.2) is 31.7 Å². The Morgan fingerprint density at radius 1 is 0.955 bits per heavy atom. The fourth-order valence-electron chi connectivity index (χ4n) is 1.96. The van der Waals surface area contributed by atoms with E-state index >= 15 is 0 Å². The van der Waals surface area contributed by atoms with Crippen LogP contribution in [0.5, 0.6) is 5.75 Å². The molecule has 22 heavy (non-hydrogen) atoms. The van der Waals surface area contributed by atoms with E-state index in [2.05, 4.69) is 4.90 Å². The smallest absolute Gasteiger partial charge is 0.432 e. The van der Waals surface area contributed by atoms with Gasteiger partial charge in [-0.3, -0.25) is 0 Å². The summed E-state index contributed by atoms with van der Waals surface area (Å²) in [6.07, 6.45) is -0.704. The second-order valence-corrected chi connectivity index (χ2v) is 4.90. The summed E-state index contributed by atoms with van der Waals surface area (Å²) in [5.74, 6) is 0.969. The Labute approximate surface area is 135 Å². The second-order valence-electron chi connectivity index (χ2n) is 4.53. The molecule has 0 aliphatic rings. The molecule has 0 N–H and O–H groups in total. The van der Waals surface area contributed by atoms with Crippen molar-refractivity contribution in [2.75, 3.05) is 30.5 Å². The van der Waals surface area contributed by atoms with Crippen molar-refractivity contribution >= 4 is 23.4 Å². The first-order valence-corrected chi connectivity index (χ1v) is 7.58. The molecule has 2 aromatic rings. The van der Waals surface area contributed by atoms with Crippen LogP contribution < -0.4 is 9.64 Å². The summed E-state index contributed by atoms with van der Waals surface area (Å²) in [4.78, 5) is 13.7. The molecular formula is C17H18ClNO3. The standard InChI is InChI=1S/C17H18ClNO3/c18-11-12-19(15-7-3-1-4-8-15)13-14-21-17(20)22-16-9-5-2-6-10-16/h1-10H,11-14H2. The Bertz CT molecular complexity index is 563. The van der Waals surface area contributed by atoms with Crippen LogP contribution in [0.4, 0.5) is 10.5 Å². The lowest BCUT2D eigenvalue weighted by molar-refractivity contribution is 0.101. The predicted octanol–water partition coefficient (Wildman–Crippen LogP) is 3.95. The van der Waals surface area contributed by atoms with Crippen molar-refractivity contribution in [3.8, 4) is 5.75 Å². The number of benzene rings is 2. The van der Waals surface area contributed by atoms with Crippen LogP contribution in [0.2, 0.25) is 0 Å². The van der Waals surface area contributed by atoms with Crippen LogP contribution in [0.25, 0.3) is 0 Å². The minimum atomic E-state index is -0.704. The number of hydrogen-bond donors (Lipinski definition) is 0. The predicted molar refractivity (Wildman–Crippen MR) is 87.8 cm³/mol. The maximum atomic E-state index is 11.6. The summed E-state index contributed by atoms with van der Waals surface area (Å²) in [5, 5.41) is 0. The van der Waals surface area contributed by atoms with E-state index in [4.69, 9.17) is 21.1 Å². The van der Waals surface area contributed by atoms with Crippen molar-refractivity contribution in [2.45, 2.75) is 0 Å². The highest BCUT2D eigenvalue weighted by atomic mass is 35.5. The van der Waals surface area contributed by atoms with E-state index in [0.717, 1.165) is 5.69 Å². The van der Waals surface area contributed by atoms with E-state index < -0.39 is 6.16 Å². The van der Waals surface area contributed by atoms with Crippen LogP contribution in [0.1, 0.15) is 0 Å². The van der Waals surface area contributed by atoms with E-state index in [9.17, 15) is 4.79 Å². The van der Waals surface area contributed by atoms with Gasteiger partial charge in [-0.05, 0) is 24.3 Å². The maximum absolute atomic E-state index is 11.6. The molecule has 4 nitrogen and oxygen atoms in total. The van der Waals surface area contributed by atoms with E-state index in [1.54, 1.807) is 24.3 Å². The number of rotatable bonds is 7. The monoisotopic (exact) mass is 319 g/mol. The minimum absolute atomic E-state index is 0.234. The zero-order valence-electron chi connectivity index (χ0n) is 12.2. The lowest BCUT2D eigenvalue weighted by atomic mass is 10.3. The number of hydrogen-bond acceptors (Lipinski definition) is 4. The number of halogens is 1. The molecule has 2 rings (SSSR count). The molecule has 0 heterocycles. The van der Waals surface area contributed by atoms with Crippen molar-refractivity contribution in [1.29, 1.82) is 0 Å². The van der Waals surface area contributed by atoms with Crippen LogP contribution in [0, 0.1) is 0 Å². The summed E-state index contributed by atoms with van der Waals surface area (Å²) in [7, 11) is 0. The number of carbonyl (C=O) groups is 1. The molecule has 2 aromatic carbocycles. The van der Waals surface area contributed by atoms with Gasteiger partial charge in [0.1, 0.15) is 12.4 Å². The molecule has 0 saturated carbocycles. The Morgan fingerprint density at radius 3 is 2.23 bits per heavy atom. The molecule has 0 unspecified atom stereocenters. The highest BCUT2D eigenvalue weighted by molar-refractivity contribution is 6.18. The summed E-state index contributed by atoms with van der Waals surface area (Å²) >= 11 is 5.82. The largest absolute Gasteiger partial charge is 0.513 e. The molecule has 0 spiro atoms. The Balaban J connectivity index is 1.79. The first-order valence-electron chi connectivity index (χ1n) is 7.05. The maximum Gasteiger partial charge on any atom is 0.513 e. The molecule has 0 bridgehead atoms. The molecule has 5 heteroatoms. The second kappa shape index (κ2) is 8.95. The van der Waals surface area contributed by atoms with E-state index in [1.807, 2.05) is 36.4 Å². The lowest BCUT2D eigenvalue weighted by Gasteiger charge is -2.23. The van der Waals surface area contributed by atoms with Crippen LogP contribution in [-0.2, 0) is 4.74 Å². The highest BCUT2D eigenvalue weighted by Crippen LogP contribution is 2.13. The number of para-hydroxylation sites is 2. The van der Waals surface area contributed by atoms with Gasteiger partial charge in [-0.25, -0.2) is 4.79 Å². The van der Waals surface area contributed by atoms with Crippen molar-refractivity contribution in [3.63, 3.8) is 0 Å². The van der Waals surface area contributed by atoms with E-state index in [0.29, 0.717) is 24.7 Å². The van der Waals surface area contributed by atoms with Gasteiger partial charge in [-0.15, -0.1) is 11.6 Å². The zero-order chi connectivity index (χ0) is 15.6. The Morgan fingerprint density at radius 2 is 1.59 bits per heavy atom. The number of alkyl halides is 1. The van der Waals surface area contributed by atoms with Crippen molar-refractivity contribution < 1.29 is 14.3 Å². The molecule has 0 aliphatic heterocycles. The van der Waals surface area contributed by atoms with Gasteiger partial charge >= 0.3 is 6.16 Å². The van der Waals surface area contributed by atoms with Crippen LogP contribution in [0.15, 0.2) is 60.7 Å². The molecule has 116 valence electrons. The molecule has 0 fully saturated rings.